The first-order valence-corrected chi connectivity index (χ1v) is 9.14. The van der Waals surface area contributed by atoms with Crippen LogP contribution in [-0.2, 0) is 9.84 Å². The highest BCUT2D eigenvalue weighted by atomic mass is 32.2. The molecule has 0 N–H and O–H groups in total. The van der Waals surface area contributed by atoms with Gasteiger partial charge in [0.2, 0.25) is 0 Å². The molecule has 1 atom stereocenters. The molecular formula is C16H25NO2S. The Morgan fingerprint density at radius 3 is 2.65 bits per heavy atom. The van der Waals surface area contributed by atoms with E-state index in [-0.39, 0.29) is 11.0 Å². The Hall–Kier alpha value is -0.870. The van der Waals surface area contributed by atoms with E-state index in [0.717, 1.165) is 19.4 Å². The highest BCUT2D eigenvalue weighted by Gasteiger charge is 2.28. The SMILES string of the molecule is Cc1ccccc1C1CCCN1CCS(=O)(=O)C(C)C. The first kappa shape index (κ1) is 15.5. The summed E-state index contributed by atoms with van der Waals surface area (Å²) in [6, 6.07) is 8.83. The third-order valence-corrected chi connectivity index (χ3v) is 6.48. The largest absolute Gasteiger partial charge is 0.295 e. The van der Waals surface area contributed by atoms with Gasteiger partial charge in [-0.15, -0.1) is 0 Å². The van der Waals surface area contributed by atoms with Gasteiger partial charge in [0.1, 0.15) is 0 Å². The maximum atomic E-state index is 12.0. The quantitative estimate of drug-likeness (QED) is 0.838. The average molecular weight is 295 g/mol. The summed E-state index contributed by atoms with van der Waals surface area (Å²) in [6.45, 7) is 7.32. The number of hydrogen-bond acceptors (Lipinski definition) is 3. The molecule has 0 saturated carbocycles. The molecule has 3 nitrogen and oxygen atoms in total. The smallest absolute Gasteiger partial charge is 0.153 e. The minimum Gasteiger partial charge on any atom is -0.295 e. The predicted octanol–water partition coefficient (Wildman–Crippen LogP) is 2.96. The van der Waals surface area contributed by atoms with Crippen molar-refractivity contribution >= 4 is 9.84 Å². The maximum Gasteiger partial charge on any atom is 0.153 e. The topological polar surface area (TPSA) is 37.4 Å². The molecule has 0 radical (unpaired) electrons. The van der Waals surface area contributed by atoms with Crippen LogP contribution in [0.3, 0.4) is 0 Å². The molecule has 1 saturated heterocycles. The first-order valence-electron chi connectivity index (χ1n) is 7.43. The van der Waals surface area contributed by atoms with Crippen LogP contribution in [0.2, 0.25) is 0 Å². The van der Waals surface area contributed by atoms with E-state index in [1.807, 2.05) is 0 Å². The highest BCUT2D eigenvalue weighted by molar-refractivity contribution is 7.92. The fourth-order valence-corrected chi connectivity index (χ4v) is 3.85. The molecule has 1 aromatic carbocycles. The van der Waals surface area contributed by atoms with E-state index in [4.69, 9.17) is 0 Å². The zero-order chi connectivity index (χ0) is 14.8. The van der Waals surface area contributed by atoms with Crippen LogP contribution in [0.4, 0.5) is 0 Å². The Bertz CT molecular complexity index is 551. The van der Waals surface area contributed by atoms with Gasteiger partial charge in [0.05, 0.1) is 11.0 Å². The lowest BCUT2D eigenvalue weighted by Crippen LogP contribution is -2.31. The molecule has 2 rings (SSSR count). The molecule has 1 aliphatic rings. The Labute approximate surface area is 122 Å². The van der Waals surface area contributed by atoms with E-state index < -0.39 is 9.84 Å². The van der Waals surface area contributed by atoms with Gasteiger partial charge in [-0.2, -0.15) is 0 Å². The highest BCUT2D eigenvalue weighted by Crippen LogP contribution is 2.33. The zero-order valence-electron chi connectivity index (χ0n) is 12.7. The molecule has 1 aromatic rings. The summed E-state index contributed by atoms with van der Waals surface area (Å²) in [5, 5.41) is -0.276. The number of rotatable bonds is 5. The van der Waals surface area contributed by atoms with Crippen molar-refractivity contribution in [2.45, 2.75) is 44.9 Å². The van der Waals surface area contributed by atoms with E-state index in [1.165, 1.54) is 11.1 Å². The maximum absolute atomic E-state index is 12.0. The number of nitrogens with zero attached hydrogens (tertiary/aromatic N) is 1. The van der Waals surface area contributed by atoms with Crippen LogP contribution in [0, 0.1) is 6.92 Å². The molecule has 1 unspecified atom stereocenters. The molecule has 20 heavy (non-hydrogen) atoms. The minimum atomic E-state index is -2.94. The molecule has 0 amide bonds. The van der Waals surface area contributed by atoms with E-state index in [9.17, 15) is 8.42 Å². The molecule has 0 aromatic heterocycles. The predicted molar refractivity (Wildman–Crippen MR) is 83.6 cm³/mol. The Morgan fingerprint density at radius 1 is 1.30 bits per heavy atom. The number of likely N-dealkylation sites (tertiary alicyclic amines) is 1. The van der Waals surface area contributed by atoms with Crippen molar-refractivity contribution in [2.24, 2.45) is 0 Å². The van der Waals surface area contributed by atoms with Crippen LogP contribution in [0.15, 0.2) is 24.3 Å². The first-order chi connectivity index (χ1) is 9.42. The Kier molecular flexibility index (Phi) is 4.86. The summed E-state index contributed by atoms with van der Waals surface area (Å²) >= 11 is 0. The van der Waals surface area contributed by atoms with E-state index >= 15 is 0 Å². The zero-order valence-corrected chi connectivity index (χ0v) is 13.5. The lowest BCUT2D eigenvalue weighted by molar-refractivity contribution is 0.271. The number of hydrogen-bond donors (Lipinski definition) is 0. The van der Waals surface area contributed by atoms with Gasteiger partial charge in [-0.1, -0.05) is 24.3 Å². The van der Waals surface area contributed by atoms with Crippen molar-refractivity contribution in [2.75, 3.05) is 18.8 Å². The summed E-state index contributed by atoms with van der Waals surface area (Å²) < 4.78 is 23.9. The van der Waals surface area contributed by atoms with Gasteiger partial charge in [-0.3, -0.25) is 4.90 Å². The summed E-state index contributed by atoms with van der Waals surface area (Å²) in [4.78, 5) is 2.34. The molecule has 1 heterocycles. The number of sulfone groups is 1. The lowest BCUT2D eigenvalue weighted by Gasteiger charge is -2.26. The van der Waals surface area contributed by atoms with Gasteiger partial charge in [0.15, 0.2) is 9.84 Å². The van der Waals surface area contributed by atoms with Crippen molar-refractivity contribution in [1.82, 2.24) is 4.90 Å². The van der Waals surface area contributed by atoms with Crippen LogP contribution in [0.25, 0.3) is 0 Å². The lowest BCUT2D eigenvalue weighted by atomic mass is 9.99. The second-order valence-corrected chi connectivity index (χ2v) is 8.64. The van der Waals surface area contributed by atoms with Gasteiger partial charge >= 0.3 is 0 Å². The molecule has 1 aliphatic heterocycles. The molecule has 0 aliphatic carbocycles. The monoisotopic (exact) mass is 295 g/mol. The van der Waals surface area contributed by atoms with Crippen LogP contribution in [0.5, 0.6) is 0 Å². The summed E-state index contributed by atoms with van der Waals surface area (Å²) in [6.07, 6.45) is 2.29. The van der Waals surface area contributed by atoms with Crippen LogP contribution in [0.1, 0.15) is 43.9 Å². The van der Waals surface area contributed by atoms with E-state index in [0.29, 0.717) is 12.6 Å². The Morgan fingerprint density at radius 2 is 2.00 bits per heavy atom. The normalized spacial score (nSPS) is 20.7. The average Bonchev–Trinajstić information content (AvgIpc) is 2.85. The van der Waals surface area contributed by atoms with Crippen molar-refractivity contribution in [1.29, 1.82) is 0 Å². The summed E-state index contributed by atoms with van der Waals surface area (Å²) in [5.74, 6) is 0.271. The summed E-state index contributed by atoms with van der Waals surface area (Å²) in [7, 11) is -2.94. The molecule has 4 heteroatoms. The summed E-state index contributed by atoms with van der Waals surface area (Å²) in [5.41, 5.74) is 2.66. The van der Waals surface area contributed by atoms with E-state index in [2.05, 4.69) is 36.1 Å². The van der Waals surface area contributed by atoms with Gasteiger partial charge in [0, 0.05) is 12.6 Å². The van der Waals surface area contributed by atoms with Crippen LogP contribution >= 0.6 is 0 Å². The van der Waals surface area contributed by atoms with Gasteiger partial charge in [0.25, 0.3) is 0 Å². The van der Waals surface area contributed by atoms with E-state index in [1.54, 1.807) is 13.8 Å². The molecule has 0 spiro atoms. The molecule has 1 fully saturated rings. The standard InChI is InChI=1S/C16H25NO2S/c1-13(2)20(18,19)12-11-17-10-6-9-16(17)15-8-5-4-7-14(15)3/h4-5,7-8,13,16H,6,9-12H2,1-3H3. The van der Waals surface area contributed by atoms with Gasteiger partial charge in [-0.05, 0) is 51.3 Å². The fourth-order valence-electron chi connectivity index (χ4n) is 2.89. The van der Waals surface area contributed by atoms with Crippen molar-refractivity contribution in [3.63, 3.8) is 0 Å². The van der Waals surface area contributed by atoms with Crippen LogP contribution in [-0.4, -0.2) is 37.4 Å². The van der Waals surface area contributed by atoms with Crippen molar-refractivity contribution < 1.29 is 8.42 Å². The fraction of sp³-hybridized carbons (Fsp3) is 0.625. The third-order valence-electron chi connectivity index (χ3n) is 4.29. The number of aryl methyl sites for hydroxylation is 1. The minimum absolute atomic E-state index is 0.271. The van der Waals surface area contributed by atoms with Crippen LogP contribution < -0.4 is 0 Å². The van der Waals surface area contributed by atoms with Crippen molar-refractivity contribution in [3.8, 4) is 0 Å². The second kappa shape index (κ2) is 6.27. The van der Waals surface area contributed by atoms with Crippen molar-refractivity contribution in [3.05, 3.63) is 35.4 Å². The second-order valence-electron chi connectivity index (χ2n) is 5.97. The van der Waals surface area contributed by atoms with Gasteiger partial charge < -0.3 is 0 Å². The molecular weight excluding hydrogens is 270 g/mol. The third kappa shape index (κ3) is 3.41. The molecule has 112 valence electrons. The molecule has 0 bridgehead atoms. The number of benzene rings is 1. The Balaban J connectivity index is 2.07. The van der Waals surface area contributed by atoms with Gasteiger partial charge in [-0.25, -0.2) is 8.42 Å².